The molecule has 2 saturated heterocycles. The van der Waals surface area contributed by atoms with E-state index in [2.05, 4.69) is 31.6 Å². The minimum Gasteiger partial charge on any atom is -0.391 e. The summed E-state index contributed by atoms with van der Waals surface area (Å²) >= 11 is 1.48. The molecule has 2 aromatic rings. The Morgan fingerprint density at radius 2 is 1.71 bits per heavy atom. The average molecular weight is 644 g/mol. The Kier molecular flexibility index (Phi) is 9.49. The lowest BCUT2D eigenvalue weighted by Gasteiger charge is -2.33. The van der Waals surface area contributed by atoms with E-state index in [0.717, 1.165) is 10.2 Å². The highest BCUT2D eigenvalue weighted by molar-refractivity contribution is 7.17. The Bertz CT molecular complexity index is 1460. The predicted molar refractivity (Wildman–Crippen MR) is 165 cm³/mol. The third kappa shape index (κ3) is 6.83. The van der Waals surface area contributed by atoms with Crippen LogP contribution < -0.4 is 26.6 Å². The summed E-state index contributed by atoms with van der Waals surface area (Å²) < 4.78 is 0.909. The molecule has 0 bridgehead atoms. The van der Waals surface area contributed by atoms with Crippen LogP contribution in [-0.2, 0) is 24.0 Å². The van der Waals surface area contributed by atoms with Crippen molar-refractivity contribution in [2.75, 3.05) is 6.54 Å². The molecule has 0 spiro atoms. The zero-order valence-electron chi connectivity index (χ0n) is 25.7. The van der Waals surface area contributed by atoms with Gasteiger partial charge in [-0.3, -0.25) is 28.8 Å². The highest BCUT2D eigenvalue weighted by atomic mass is 32.1. The lowest BCUT2D eigenvalue weighted by Crippen LogP contribution is -2.62. The maximum absolute atomic E-state index is 14.0. The van der Waals surface area contributed by atoms with Crippen LogP contribution in [0, 0.1) is 11.8 Å². The number of thiophene rings is 1. The van der Waals surface area contributed by atoms with Crippen molar-refractivity contribution < 1.29 is 33.9 Å². The van der Waals surface area contributed by atoms with E-state index in [1.165, 1.54) is 30.1 Å². The molecular weight excluding hydrogens is 602 g/mol. The largest absolute Gasteiger partial charge is 0.391 e. The fourth-order valence-electron chi connectivity index (χ4n) is 6.40. The van der Waals surface area contributed by atoms with Gasteiger partial charge in [0.15, 0.2) is 0 Å². The van der Waals surface area contributed by atoms with Gasteiger partial charge in [-0.2, -0.15) is 0 Å². The average Bonchev–Trinajstić information content (AvgIpc) is 3.77. The topological polar surface area (TPSA) is 202 Å². The third-order valence-corrected chi connectivity index (χ3v) is 9.80. The van der Waals surface area contributed by atoms with Gasteiger partial charge in [0.25, 0.3) is 5.91 Å². The molecule has 6 amide bonds. The minimum atomic E-state index is -1.44. The molecule has 7 N–H and O–H groups in total. The van der Waals surface area contributed by atoms with Crippen LogP contribution in [0.4, 0.5) is 0 Å². The molecule has 2 aliphatic heterocycles. The molecular formula is C30H41N7O7S. The Morgan fingerprint density at radius 3 is 2.40 bits per heavy atom. The summed E-state index contributed by atoms with van der Waals surface area (Å²) in [4.78, 5) is 84.9. The van der Waals surface area contributed by atoms with Crippen LogP contribution in [0.1, 0.15) is 63.9 Å². The fourth-order valence-corrected chi connectivity index (χ4v) is 7.18. The number of hydrogen-bond donors (Lipinski definition) is 7. The van der Waals surface area contributed by atoms with Gasteiger partial charge in [-0.1, -0.05) is 20.3 Å². The highest BCUT2D eigenvalue weighted by Crippen LogP contribution is 2.27. The van der Waals surface area contributed by atoms with Crippen molar-refractivity contribution in [1.29, 1.82) is 0 Å². The first-order valence-corrected chi connectivity index (χ1v) is 16.3. The number of nitrogens with zero attached hydrogens (tertiary/aromatic N) is 1. The number of H-pyrrole nitrogens is 1. The van der Waals surface area contributed by atoms with Gasteiger partial charge < -0.3 is 41.6 Å². The quantitative estimate of drug-likeness (QED) is 0.238. The number of aromatic nitrogens is 1. The molecule has 3 aliphatic rings. The minimum absolute atomic E-state index is 0.0442. The number of amides is 6. The monoisotopic (exact) mass is 643 g/mol. The maximum atomic E-state index is 14.0. The van der Waals surface area contributed by atoms with Gasteiger partial charge in [0.2, 0.25) is 29.5 Å². The molecule has 244 valence electrons. The first kappa shape index (κ1) is 32.4. The third-order valence-electron chi connectivity index (χ3n) is 8.93. The molecule has 8 atom stereocenters. The second-order valence-corrected chi connectivity index (χ2v) is 13.6. The summed E-state index contributed by atoms with van der Waals surface area (Å²) in [7, 11) is 0. The van der Waals surface area contributed by atoms with Crippen LogP contribution in [0.15, 0.2) is 17.5 Å². The number of rotatable bonds is 4. The number of carbonyl (C=O) groups excluding carboxylic acids is 6. The molecule has 5 rings (SSSR count). The molecule has 3 fully saturated rings. The maximum Gasteiger partial charge on any atom is 0.268 e. The standard InChI is InChI=1S/C30H41N7O7S/c1-13(2)23-29(43)36-24(15(4)38)30(44)37-12-16(32-27(41)20-11-22-19(33-20)8-9-45-22)10-21(37)28(42)31-14(3)25(39)34-18-7-5-6-17(18)26(40)35-23/h8-9,11,13-18,21,23-24,33,38H,5-7,10,12H2,1-4H3,(H,31,42)(H,32,41)(H,34,39)(H,35,40)(H,36,43)/t14-,15+,16-,17-,18-,21-,23+,24-/m0/s1. The summed E-state index contributed by atoms with van der Waals surface area (Å²) in [5, 5.41) is 26.4. The van der Waals surface area contributed by atoms with Crippen LogP contribution in [0.3, 0.4) is 0 Å². The summed E-state index contributed by atoms with van der Waals surface area (Å²) in [5.74, 6) is -4.23. The predicted octanol–water partition coefficient (Wildman–Crippen LogP) is -0.262. The summed E-state index contributed by atoms with van der Waals surface area (Å²) in [5.41, 5.74) is 1.15. The van der Waals surface area contributed by atoms with Gasteiger partial charge in [-0.25, -0.2) is 0 Å². The van der Waals surface area contributed by atoms with Gasteiger partial charge in [0, 0.05) is 18.6 Å². The van der Waals surface area contributed by atoms with Crippen molar-refractivity contribution in [3.63, 3.8) is 0 Å². The Labute approximate surface area is 264 Å². The second kappa shape index (κ2) is 13.2. The number of aliphatic hydroxyl groups excluding tert-OH is 1. The van der Waals surface area contributed by atoms with Crippen molar-refractivity contribution in [2.45, 2.75) is 95.7 Å². The van der Waals surface area contributed by atoms with Crippen LogP contribution >= 0.6 is 11.3 Å². The molecule has 45 heavy (non-hydrogen) atoms. The van der Waals surface area contributed by atoms with Crippen LogP contribution in [0.25, 0.3) is 10.2 Å². The van der Waals surface area contributed by atoms with E-state index in [1.54, 1.807) is 19.9 Å². The molecule has 4 heterocycles. The molecule has 0 aromatic carbocycles. The van der Waals surface area contributed by atoms with Crippen LogP contribution in [-0.4, -0.2) is 99.3 Å². The molecule has 1 aliphatic carbocycles. The van der Waals surface area contributed by atoms with Crippen LogP contribution in [0.2, 0.25) is 0 Å². The molecule has 2 aromatic heterocycles. The molecule has 14 nitrogen and oxygen atoms in total. The summed E-state index contributed by atoms with van der Waals surface area (Å²) in [6, 6.07) is -2.08. The molecule has 15 heteroatoms. The van der Waals surface area contributed by atoms with Gasteiger partial charge in [0.1, 0.15) is 29.9 Å². The van der Waals surface area contributed by atoms with E-state index in [9.17, 15) is 33.9 Å². The number of aliphatic hydroxyl groups is 1. The van der Waals surface area contributed by atoms with Crippen molar-refractivity contribution in [3.8, 4) is 0 Å². The molecule has 0 radical (unpaired) electrons. The first-order chi connectivity index (χ1) is 21.3. The van der Waals surface area contributed by atoms with Crippen molar-refractivity contribution in [2.24, 2.45) is 11.8 Å². The number of fused-ring (bicyclic) bond motifs is 3. The fraction of sp³-hybridized carbons (Fsp3) is 0.600. The lowest BCUT2D eigenvalue weighted by molar-refractivity contribution is -0.145. The van der Waals surface area contributed by atoms with E-state index in [0.29, 0.717) is 25.0 Å². The Morgan fingerprint density at radius 1 is 0.978 bits per heavy atom. The van der Waals surface area contributed by atoms with E-state index < -0.39 is 83.7 Å². The van der Waals surface area contributed by atoms with Crippen molar-refractivity contribution >= 4 is 57.0 Å². The Hall–Kier alpha value is -3.98. The van der Waals surface area contributed by atoms with Gasteiger partial charge in [-0.15, -0.1) is 11.3 Å². The first-order valence-electron chi connectivity index (χ1n) is 15.4. The number of carbonyl (C=O) groups is 6. The van der Waals surface area contributed by atoms with E-state index in [1.807, 2.05) is 11.4 Å². The van der Waals surface area contributed by atoms with E-state index >= 15 is 0 Å². The van der Waals surface area contributed by atoms with E-state index in [4.69, 9.17) is 0 Å². The zero-order valence-corrected chi connectivity index (χ0v) is 26.5. The lowest BCUT2D eigenvalue weighted by atomic mass is 9.98. The number of nitrogens with one attached hydrogen (secondary N) is 6. The zero-order chi connectivity index (χ0) is 32.6. The van der Waals surface area contributed by atoms with Crippen molar-refractivity contribution in [3.05, 3.63) is 23.2 Å². The van der Waals surface area contributed by atoms with E-state index in [-0.39, 0.29) is 18.9 Å². The summed E-state index contributed by atoms with van der Waals surface area (Å²) in [6.45, 7) is 6.29. The molecule has 1 saturated carbocycles. The smallest absolute Gasteiger partial charge is 0.268 e. The van der Waals surface area contributed by atoms with Crippen molar-refractivity contribution in [1.82, 2.24) is 36.5 Å². The SMILES string of the molecule is CC(C)[C@H]1NC(=O)[C@H]2CCC[C@@H]2NC(=O)[C@H](C)NC(=O)[C@@H]2C[C@H](NC(=O)c3cc4sccc4[nH]3)CN2C(=O)[C@H]([C@@H](C)O)NC1=O. The normalized spacial score (nSPS) is 30.8. The Balaban J connectivity index is 1.43. The van der Waals surface area contributed by atoms with Gasteiger partial charge >= 0.3 is 0 Å². The second-order valence-electron chi connectivity index (χ2n) is 12.6. The number of hydrogen-bond acceptors (Lipinski definition) is 8. The summed E-state index contributed by atoms with van der Waals surface area (Å²) in [6.07, 6.45) is 0.479. The van der Waals surface area contributed by atoms with Crippen LogP contribution in [0.5, 0.6) is 0 Å². The van der Waals surface area contributed by atoms with Gasteiger partial charge in [0.05, 0.1) is 22.2 Å². The van der Waals surface area contributed by atoms with Gasteiger partial charge in [-0.05, 0) is 56.5 Å². The highest BCUT2D eigenvalue weighted by Gasteiger charge is 2.45. The number of aromatic amines is 1. The molecule has 0 unspecified atom stereocenters.